The average molecular weight is 184 g/mol. The molecule has 1 fully saturated rings. The van der Waals surface area contributed by atoms with Crippen LogP contribution in [0.4, 0.5) is 0 Å². The van der Waals surface area contributed by atoms with Gasteiger partial charge in [-0.05, 0) is 13.8 Å². The van der Waals surface area contributed by atoms with E-state index in [1.807, 2.05) is 39.8 Å². The number of aliphatic hydroxyl groups is 1. The van der Waals surface area contributed by atoms with E-state index >= 15 is 0 Å². The number of allylic oxidation sites excluding steroid dienone is 1. The van der Waals surface area contributed by atoms with Gasteiger partial charge in [0.1, 0.15) is 0 Å². The Morgan fingerprint density at radius 2 is 2.00 bits per heavy atom. The van der Waals surface area contributed by atoms with Crippen molar-refractivity contribution in [1.29, 1.82) is 0 Å². The van der Waals surface area contributed by atoms with Gasteiger partial charge in [-0.25, -0.2) is 0 Å². The van der Waals surface area contributed by atoms with Crippen LogP contribution in [0.2, 0.25) is 0 Å². The SMILES string of the molecule is C/C=C/C1(C)CC(O)C(C)(C)CO1. The number of hydrogen-bond acceptors (Lipinski definition) is 2. The maximum absolute atomic E-state index is 9.89. The van der Waals surface area contributed by atoms with E-state index in [0.29, 0.717) is 13.0 Å². The Bertz CT molecular complexity index is 208. The topological polar surface area (TPSA) is 29.5 Å². The van der Waals surface area contributed by atoms with Crippen LogP contribution in [0.25, 0.3) is 0 Å². The van der Waals surface area contributed by atoms with Crippen molar-refractivity contribution in [2.24, 2.45) is 5.41 Å². The summed E-state index contributed by atoms with van der Waals surface area (Å²) in [6.45, 7) is 8.68. The predicted molar refractivity (Wildman–Crippen MR) is 53.6 cm³/mol. The molecule has 0 aromatic heterocycles. The largest absolute Gasteiger partial charge is 0.392 e. The summed E-state index contributed by atoms with van der Waals surface area (Å²) in [5, 5.41) is 9.89. The van der Waals surface area contributed by atoms with E-state index in [9.17, 15) is 5.11 Å². The van der Waals surface area contributed by atoms with Gasteiger partial charge in [0, 0.05) is 11.8 Å². The molecule has 1 N–H and O–H groups in total. The number of aliphatic hydroxyl groups excluding tert-OH is 1. The standard InChI is InChI=1S/C11H20O2/c1-5-6-11(4)7-9(12)10(2,3)8-13-11/h5-6,9,12H,7-8H2,1-4H3/b6-5+. The molecule has 0 bridgehead atoms. The molecule has 0 amide bonds. The summed E-state index contributed by atoms with van der Waals surface area (Å²) >= 11 is 0. The Labute approximate surface area is 80.6 Å². The molecule has 1 aliphatic heterocycles. The third-order valence-electron chi connectivity index (χ3n) is 2.79. The van der Waals surface area contributed by atoms with E-state index in [1.165, 1.54) is 0 Å². The molecule has 0 saturated carbocycles. The van der Waals surface area contributed by atoms with Crippen LogP contribution in [-0.2, 0) is 4.74 Å². The molecule has 2 atom stereocenters. The third kappa shape index (κ3) is 2.32. The molecular formula is C11H20O2. The third-order valence-corrected chi connectivity index (χ3v) is 2.79. The van der Waals surface area contributed by atoms with Crippen molar-refractivity contribution in [2.75, 3.05) is 6.61 Å². The van der Waals surface area contributed by atoms with E-state index < -0.39 is 0 Å². The molecule has 1 heterocycles. The summed E-state index contributed by atoms with van der Waals surface area (Å²) < 4.78 is 5.74. The average Bonchev–Trinajstić information content (AvgIpc) is 1.99. The molecule has 2 heteroatoms. The van der Waals surface area contributed by atoms with Crippen LogP contribution in [0.1, 0.15) is 34.1 Å². The van der Waals surface area contributed by atoms with E-state index in [1.54, 1.807) is 0 Å². The summed E-state index contributed by atoms with van der Waals surface area (Å²) in [7, 11) is 0. The minimum absolute atomic E-state index is 0.110. The quantitative estimate of drug-likeness (QED) is 0.633. The van der Waals surface area contributed by atoms with Gasteiger partial charge in [-0.15, -0.1) is 0 Å². The molecule has 13 heavy (non-hydrogen) atoms. The van der Waals surface area contributed by atoms with Gasteiger partial charge >= 0.3 is 0 Å². The zero-order chi connectivity index (χ0) is 10.1. The molecule has 1 saturated heterocycles. The second-order valence-corrected chi connectivity index (χ2v) is 4.81. The lowest BCUT2D eigenvalue weighted by Crippen LogP contribution is -2.48. The van der Waals surface area contributed by atoms with Crippen molar-refractivity contribution >= 4 is 0 Å². The Balaban J connectivity index is 2.70. The van der Waals surface area contributed by atoms with Crippen LogP contribution in [0.3, 0.4) is 0 Å². The van der Waals surface area contributed by atoms with Crippen LogP contribution >= 0.6 is 0 Å². The highest BCUT2D eigenvalue weighted by atomic mass is 16.5. The predicted octanol–water partition coefficient (Wildman–Crippen LogP) is 2.13. The first kappa shape index (κ1) is 10.7. The van der Waals surface area contributed by atoms with Gasteiger partial charge in [0.2, 0.25) is 0 Å². The highest BCUT2D eigenvalue weighted by Crippen LogP contribution is 2.36. The molecule has 0 radical (unpaired) electrons. The Kier molecular flexibility index (Phi) is 2.83. The van der Waals surface area contributed by atoms with Gasteiger partial charge in [-0.3, -0.25) is 0 Å². The lowest BCUT2D eigenvalue weighted by atomic mass is 9.78. The number of ether oxygens (including phenoxy) is 1. The number of hydrogen-bond donors (Lipinski definition) is 1. The van der Waals surface area contributed by atoms with E-state index in [2.05, 4.69) is 0 Å². The van der Waals surface area contributed by atoms with Crippen LogP contribution in [0, 0.1) is 5.41 Å². The van der Waals surface area contributed by atoms with Gasteiger partial charge in [0.05, 0.1) is 18.3 Å². The van der Waals surface area contributed by atoms with Crippen molar-refractivity contribution in [2.45, 2.75) is 45.8 Å². The molecular weight excluding hydrogens is 164 g/mol. The molecule has 0 aromatic carbocycles. The lowest BCUT2D eigenvalue weighted by Gasteiger charge is -2.43. The van der Waals surface area contributed by atoms with E-state index in [-0.39, 0.29) is 17.1 Å². The van der Waals surface area contributed by atoms with E-state index in [4.69, 9.17) is 4.74 Å². The summed E-state index contributed by atoms with van der Waals surface area (Å²) in [6, 6.07) is 0. The van der Waals surface area contributed by atoms with Crippen LogP contribution in [-0.4, -0.2) is 23.4 Å². The summed E-state index contributed by atoms with van der Waals surface area (Å²) in [5.41, 5.74) is -0.384. The van der Waals surface area contributed by atoms with E-state index in [0.717, 1.165) is 0 Å². The van der Waals surface area contributed by atoms with Crippen molar-refractivity contribution < 1.29 is 9.84 Å². The molecule has 2 nitrogen and oxygen atoms in total. The monoisotopic (exact) mass is 184 g/mol. The first-order chi connectivity index (χ1) is 5.90. The second-order valence-electron chi connectivity index (χ2n) is 4.81. The fraction of sp³-hybridized carbons (Fsp3) is 0.818. The van der Waals surface area contributed by atoms with Gasteiger partial charge < -0.3 is 9.84 Å². The minimum atomic E-state index is -0.276. The maximum atomic E-state index is 9.89. The molecule has 0 aliphatic carbocycles. The second kappa shape index (κ2) is 3.43. The smallest absolute Gasteiger partial charge is 0.0859 e. The molecule has 2 unspecified atom stereocenters. The Hall–Kier alpha value is -0.340. The summed E-state index contributed by atoms with van der Waals surface area (Å²) in [4.78, 5) is 0. The first-order valence-electron chi connectivity index (χ1n) is 4.85. The van der Waals surface area contributed by atoms with Crippen molar-refractivity contribution in [1.82, 2.24) is 0 Å². The summed E-state index contributed by atoms with van der Waals surface area (Å²) in [5.74, 6) is 0. The van der Waals surface area contributed by atoms with Gasteiger partial charge in [-0.1, -0.05) is 26.0 Å². The fourth-order valence-electron chi connectivity index (χ4n) is 1.63. The zero-order valence-corrected chi connectivity index (χ0v) is 9.00. The highest BCUT2D eigenvalue weighted by Gasteiger charge is 2.40. The van der Waals surface area contributed by atoms with Crippen molar-refractivity contribution in [3.05, 3.63) is 12.2 Å². The Morgan fingerprint density at radius 3 is 2.46 bits per heavy atom. The Morgan fingerprint density at radius 1 is 1.38 bits per heavy atom. The molecule has 76 valence electrons. The van der Waals surface area contributed by atoms with Gasteiger partial charge in [0.25, 0.3) is 0 Å². The molecule has 0 spiro atoms. The van der Waals surface area contributed by atoms with Crippen LogP contribution in [0.5, 0.6) is 0 Å². The normalized spacial score (nSPS) is 39.6. The molecule has 0 aromatic rings. The van der Waals surface area contributed by atoms with Crippen LogP contribution < -0.4 is 0 Å². The lowest BCUT2D eigenvalue weighted by molar-refractivity contribution is -0.147. The van der Waals surface area contributed by atoms with Gasteiger partial charge in [0.15, 0.2) is 0 Å². The fourth-order valence-corrected chi connectivity index (χ4v) is 1.63. The van der Waals surface area contributed by atoms with Gasteiger partial charge in [-0.2, -0.15) is 0 Å². The highest BCUT2D eigenvalue weighted by molar-refractivity contribution is 5.03. The maximum Gasteiger partial charge on any atom is 0.0859 e. The minimum Gasteiger partial charge on any atom is -0.392 e. The number of rotatable bonds is 1. The first-order valence-corrected chi connectivity index (χ1v) is 4.85. The van der Waals surface area contributed by atoms with Crippen molar-refractivity contribution in [3.8, 4) is 0 Å². The van der Waals surface area contributed by atoms with Crippen LogP contribution in [0.15, 0.2) is 12.2 Å². The van der Waals surface area contributed by atoms with Crippen molar-refractivity contribution in [3.63, 3.8) is 0 Å². The zero-order valence-electron chi connectivity index (χ0n) is 9.00. The molecule has 1 aliphatic rings. The molecule has 1 rings (SSSR count). The summed E-state index contributed by atoms with van der Waals surface area (Å²) in [6.07, 6.45) is 4.41.